The molecule has 1 atom stereocenters. The van der Waals surface area contributed by atoms with E-state index in [1.54, 1.807) is 14.0 Å². The minimum atomic E-state index is -1.16. The number of hydrogen-bond acceptors (Lipinski definition) is 2. The van der Waals surface area contributed by atoms with Crippen LogP contribution < -0.4 is 0 Å². The van der Waals surface area contributed by atoms with Crippen molar-refractivity contribution in [3.05, 3.63) is 34.9 Å². The highest BCUT2D eigenvalue weighted by Crippen LogP contribution is 2.37. The lowest BCUT2D eigenvalue weighted by atomic mass is 9.74. The number of aliphatic carboxylic acids is 1. The second-order valence-electron chi connectivity index (χ2n) is 7.03. The zero-order valence-electron chi connectivity index (χ0n) is 14.6. The van der Waals surface area contributed by atoms with Crippen LogP contribution in [-0.2, 0) is 4.79 Å². The number of carboxylic acid groups (broad SMARTS) is 1. The van der Waals surface area contributed by atoms with Gasteiger partial charge in [0.15, 0.2) is 0 Å². The van der Waals surface area contributed by atoms with E-state index in [-0.39, 0.29) is 11.8 Å². The van der Waals surface area contributed by atoms with Crippen molar-refractivity contribution in [2.75, 3.05) is 7.05 Å². The number of aryl methyl sites for hydroxylation is 2. The van der Waals surface area contributed by atoms with Gasteiger partial charge in [-0.25, -0.2) is 4.79 Å². The molecular weight excluding hydrogens is 290 g/mol. The van der Waals surface area contributed by atoms with Crippen LogP contribution in [0.5, 0.6) is 0 Å². The Hall–Kier alpha value is -1.84. The van der Waals surface area contributed by atoms with Crippen LogP contribution in [0, 0.1) is 19.8 Å². The SMILES string of the molecule is Cc1cc(C)cc(C(=O)N(C)[C@@](C)(C(=O)O)C2CCCCC2)c1. The normalized spacial score (nSPS) is 18.3. The molecule has 0 radical (unpaired) electrons. The van der Waals surface area contributed by atoms with Crippen molar-refractivity contribution in [3.8, 4) is 0 Å². The summed E-state index contributed by atoms with van der Waals surface area (Å²) in [5.74, 6) is -1.12. The lowest BCUT2D eigenvalue weighted by Crippen LogP contribution is -2.58. The first-order valence-corrected chi connectivity index (χ1v) is 8.36. The third-order valence-electron chi connectivity index (χ3n) is 5.30. The fourth-order valence-electron chi connectivity index (χ4n) is 3.76. The Bertz CT molecular complexity index is 584. The van der Waals surface area contributed by atoms with E-state index in [1.165, 1.54) is 4.90 Å². The number of carbonyl (C=O) groups excluding carboxylic acids is 1. The average molecular weight is 317 g/mol. The summed E-state index contributed by atoms with van der Waals surface area (Å²) in [6, 6.07) is 5.66. The summed E-state index contributed by atoms with van der Waals surface area (Å²) in [6.45, 7) is 5.59. The van der Waals surface area contributed by atoms with Gasteiger partial charge in [-0.2, -0.15) is 0 Å². The second kappa shape index (κ2) is 6.73. The lowest BCUT2D eigenvalue weighted by Gasteiger charge is -2.43. The van der Waals surface area contributed by atoms with Gasteiger partial charge in [0.2, 0.25) is 0 Å². The molecule has 1 fully saturated rings. The van der Waals surface area contributed by atoms with Crippen LogP contribution in [0.2, 0.25) is 0 Å². The Labute approximate surface area is 138 Å². The molecule has 1 aliphatic carbocycles. The molecule has 1 amide bonds. The smallest absolute Gasteiger partial charge is 0.329 e. The van der Waals surface area contributed by atoms with E-state index in [0.717, 1.165) is 43.2 Å². The van der Waals surface area contributed by atoms with Crippen molar-refractivity contribution in [1.29, 1.82) is 0 Å². The molecule has 1 N–H and O–H groups in total. The molecule has 0 spiro atoms. The van der Waals surface area contributed by atoms with E-state index in [1.807, 2.05) is 32.0 Å². The highest BCUT2D eigenvalue weighted by Gasteiger charge is 2.47. The fraction of sp³-hybridized carbons (Fsp3) is 0.579. The minimum Gasteiger partial charge on any atom is -0.479 e. The third-order valence-corrected chi connectivity index (χ3v) is 5.30. The van der Waals surface area contributed by atoms with Crippen LogP contribution >= 0.6 is 0 Å². The van der Waals surface area contributed by atoms with E-state index in [9.17, 15) is 14.7 Å². The molecule has 0 unspecified atom stereocenters. The van der Waals surface area contributed by atoms with Gasteiger partial charge in [-0.3, -0.25) is 4.79 Å². The molecule has 126 valence electrons. The molecule has 1 aromatic rings. The number of benzene rings is 1. The predicted molar refractivity (Wildman–Crippen MR) is 90.6 cm³/mol. The zero-order chi connectivity index (χ0) is 17.2. The maximum atomic E-state index is 12.9. The standard InChI is InChI=1S/C19H27NO3/c1-13-10-14(2)12-15(11-13)17(21)20(4)19(3,18(22)23)16-8-6-5-7-9-16/h10-12,16H,5-9H2,1-4H3,(H,22,23)/t19-/m1/s1. The number of carbonyl (C=O) groups is 2. The number of amides is 1. The number of rotatable bonds is 4. The molecule has 0 aromatic heterocycles. The zero-order valence-corrected chi connectivity index (χ0v) is 14.6. The van der Waals surface area contributed by atoms with Gasteiger partial charge in [-0.05, 0) is 51.7 Å². The highest BCUT2D eigenvalue weighted by molar-refractivity contribution is 5.98. The van der Waals surface area contributed by atoms with E-state index < -0.39 is 11.5 Å². The van der Waals surface area contributed by atoms with Gasteiger partial charge in [0.1, 0.15) is 5.54 Å². The van der Waals surface area contributed by atoms with Crippen LogP contribution in [0.3, 0.4) is 0 Å². The summed E-state index contributed by atoms with van der Waals surface area (Å²) in [6.07, 6.45) is 4.97. The van der Waals surface area contributed by atoms with Crippen molar-refractivity contribution in [3.63, 3.8) is 0 Å². The molecule has 0 aliphatic heterocycles. The first kappa shape index (κ1) is 17.5. The van der Waals surface area contributed by atoms with Crippen LogP contribution in [0.25, 0.3) is 0 Å². The topological polar surface area (TPSA) is 57.6 Å². The molecule has 4 heteroatoms. The minimum absolute atomic E-state index is 0.00797. The Morgan fingerprint density at radius 1 is 1.09 bits per heavy atom. The molecule has 4 nitrogen and oxygen atoms in total. The highest BCUT2D eigenvalue weighted by atomic mass is 16.4. The Morgan fingerprint density at radius 2 is 1.61 bits per heavy atom. The molecule has 2 rings (SSSR count). The molecule has 23 heavy (non-hydrogen) atoms. The third kappa shape index (κ3) is 3.41. The molecule has 1 aromatic carbocycles. The van der Waals surface area contributed by atoms with Gasteiger partial charge in [-0.1, -0.05) is 36.5 Å². The van der Waals surface area contributed by atoms with Crippen molar-refractivity contribution in [2.24, 2.45) is 5.92 Å². The number of nitrogens with zero attached hydrogens (tertiary/aromatic N) is 1. The van der Waals surface area contributed by atoms with Gasteiger partial charge < -0.3 is 10.0 Å². The maximum absolute atomic E-state index is 12.9. The second-order valence-corrected chi connectivity index (χ2v) is 7.03. The largest absolute Gasteiger partial charge is 0.479 e. The van der Waals surface area contributed by atoms with Gasteiger partial charge >= 0.3 is 5.97 Å². The van der Waals surface area contributed by atoms with Crippen LogP contribution in [0.1, 0.15) is 60.5 Å². The number of hydrogen-bond donors (Lipinski definition) is 1. The van der Waals surface area contributed by atoms with Crippen molar-refractivity contribution in [2.45, 2.75) is 58.4 Å². The summed E-state index contributed by atoms with van der Waals surface area (Å²) < 4.78 is 0. The van der Waals surface area contributed by atoms with Crippen LogP contribution in [0.15, 0.2) is 18.2 Å². The maximum Gasteiger partial charge on any atom is 0.329 e. The summed E-state index contributed by atoms with van der Waals surface area (Å²) in [4.78, 5) is 26.4. The molecule has 0 bridgehead atoms. The Morgan fingerprint density at radius 3 is 2.09 bits per heavy atom. The number of carboxylic acids is 1. The van der Waals surface area contributed by atoms with Crippen molar-refractivity contribution < 1.29 is 14.7 Å². The molecule has 1 saturated carbocycles. The summed E-state index contributed by atoms with van der Waals surface area (Å²) in [7, 11) is 1.63. The van der Waals surface area contributed by atoms with E-state index in [2.05, 4.69) is 0 Å². The summed E-state index contributed by atoms with van der Waals surface area (Å²) in [5.41, 5.74) is 1.43. The molecular formula is C19H27NO3. The van der Waals surface area contributed by atoms with Gasteiger partial charge in [0.05, 0.1) is 0 Å². The van der Waals surface area contributed by atoms with E-state index >= 15 is 0 Å². The monoisotopic (exact) mass is 317 g/mol. The summed E-state index contributed by atoms with van der Waals surface area (Å²) >= 11 is 0. The lowest BCUT2D eigenvalue weighted by molar-refractivity contribution is -0.152. The van der Waals surface area contributed by atoms with Crippen LogP contribution in [-0.4, -0.2) is 34.5 Å². The van der Waals surface area contributed by atoms with Gasteiger partial charge in [0.25, 0.3) is 5.91 Å². The number of likely N-dealkylation sites (N-methyl/N-ethyl adjacent to an activating group) is 1. The van der Waals surface area contributed by atoms with Crippen LogP contribution in [0.4, 0.5) is 0 Å². The van der Waals surface area contributed by atoms with E-state index in [4.69, 9.17) is 0 Å². The van der Waals surface area contributed by atoms with E-state index in [0.29, 0.717) is 5.56 Å². The Balaban J connectivity index is 2.34. The average Bonchev–Trinajstić information content (AvgIpc) is 2.52. The summed E-state index contributed by atoms with van der Waals surface area (Å²) in [5, 5.41) is 9.87. The van der Waals surface area contributed by atoms with Crippen molar-refractivity contribution >= 4 is 11.9 Å². The predicted octanol–water partition coefficient (Wildman–Crippen LogP) is 3.80. The fourth-order valence-corrected chi connectivity index (χ4v) is 3.76. The molecule has 0 heterocycles. The Kier molecular flexibility index (Phi) is 5.12. The van der Waals surface area contributed by atoms with Gasteiger partial charge in [0, 0.05) is 12.6 Å². The first-order valence-electron chi connectivity index (χ1n) is 8.36. The molecule has 1 aliphatic rings. The molecule has 0 saturated heterocycles. The quantitative estimate of drug-likeness (QED) is 0.919. The van der Waals surface area contributed by atoms with Gasteiger partial charge in [-0.15, -0.1) is 0 Å². The van der Waals surface area contributed by atoms with Crippen molar-refractivity contribution in [1.82, 2.24) is 4.90 Å². The first-order chi connectivity index (χ1) is 10.8.